The van der Waals surface area contributed by atoms with Gasteiger partial charge in [0.15, 0.2) is 29.2 Å². The molecule has 0 spiro atoms. The van der Waals surface area contributed by atoms with Gasteiger partial charge >= 0.3 is 6.09 Å². The Morgan fingerprint density at radius 1 is 0.953 bits per heavy atom. The van der Waals surface area contributed by atoms with Gasteiger partial charge in [-0.05, 0) is 58.1 Å². The minimum Gasteiger partial charge on any atom is -0.493 e. The molecule has 4 amide bonds. The lowest BCUT2D eigenvalue weighted by Crippen LogP contribution is -2.51. The molecule has 17 nitrogen and oxygen atoms in total. The van der Waals surface area contributed by atoms with Crippen LogP contribution in [-0.2, 0) is 14.3 Å². The Balaban J connectivity index is 0.979. The number of anilines is 1. The Hall–Kier alpha value is -5.11. The third-order valence-corrected chi connectivity index (χ3v) is 14.3. The van der Waals surface area contributed by atoms with Crippen LogP contribution >= 0.6 is 21.6 Å². The van der Waals surface area contributed by atoms with Gasteiger partial charge in [-0.1, -0.05) is 45.9 Å². The van der Waals surface area contributed by atoms with Crippen molar-refractivity contribution in [3.63, 3.8) is 0 Å². The van der Waals surface area contributed by atoms with E-state index in [0.717, 1.165) is 24.0 Å². The number of ether oxygens (including phenoxy) is 6. The number of amides is 4. The molecule has 2 aromatic rings. The van der Waals surface area contributed by atoms with Crippen molar-refractivity contribution >= 4 is 63.0 Å². The lowest BCUT2D eigenvalue weighted by molar-refractivity contribution is -0.120. The van der Waals surface area contributed by atoms with Crippen molar-refractivity contribution in [3.05, 3.63) is 59.7 Å². The van der Waals surface area contributed by atoms with Gasteiger partial charge < -0.3 is 55.0 Å². The highest BCUT2D eigenvalue weighted by Gasteiger charge is 2.45. The van der Waals surface area contributed by atoms with E-state index in [1.807, 2.05) is 13.8 Å². The van der Waals surface area contributed by atoms with Gasteiger partial charge in [-0.2, -0.15) is 0 Å². The lowest BCUT2D eigenvalue weighted by atomic mass is 10.1. The van der Waals surface area contributed by atoms with E-state index in [0.29, 0.717) is 112 Å². The number of hydrogen-bond donors (Lipinski definition) is 3. The van der Waals surface area contributed by atoms with E-state index >= 15 is 0 Å². The molecule has 64 heavy (non-hydrogen) atoms. The molecule has 2 aromatic carbocycles. The van der Waals surface area contributed by atoms with E-state index in [4.69, 9.17) is 39.9 Å². The molecule has 0 bridgehead atoms. The zero-order valence-electron chi connectivity index (χ0n) is 37.2. The molecule has 0 aliphatic carbocycles. The van der Waals surface area contributed by atoms with Crippen molar-refractivity contribution in [1.29, 1.82) is 0 Å². The molecule has 5 N–H and O–H groups in total. The average Bonchev–Trinajstić information content (AvgIpc) is 4.01. The van der Waals surface area contributed by atoms with E-state index in [2.05, 4.69) is 23.5 Å². The molecule has 3 saturated heterocycles. The predicted octanol–water partition coefficient (Wildman–Crippen LogP) is 5.59. The first-order valence-corrected chi connectivity index (χ1v) is 23.8. The number of nitrogens with two attached hydrogens (primary N) is 2. The van der Waals surface area contributed by atoms with Crippen LogP contribution in [0.2, 0.25) is 0 Å². The monoisotopic (exact) mass is 923 g/mol. The number of nitrogen functional groups attached to an aromatic ring is 1. The number of nitrogens with one attached hydrogen (secondary N) is 1. The highest BCUT2D eigenvalue weighted by Crippen LogP contribution is 2.40. The summed E-state index contributed by atoms with van der Waals surface area (Å²) in [5, 5.41) is 2.75. The second-order valence-electron chi connectivity index (χ2n) is 16.6. The van der Waals surface area contributed by atoms with Crippen LogP contribution in [0.15, 0.2) is 53.6 Å². The minimum absolute atomic E-state index is 0.0505. The second-order valence-corrected chi connectivity index (χ2v) is 19.7. The van der Waals surface area contributed by atoms with E-state index in [-0.39, 0.29) is 48.2 Å². The largest absolute Gasteiger partial charge is 0.493 e. The van der Waals surface area contributed by atoms with Crippen LogP contribution in [0.4, 0.5) is 16.2 Å². The van der Waals surface area contributed by atoms with E-state index < -0.39 is 23.1 Å². The lowest BCUT2D eigenvalue weighted by Gasteiger charge is -2.33. The normalized spacial score (nSPS) is 19.4. The van der Waals surface area contributed by atoms with Crippen LogP contribution in [0.1, 0.15) is 73.1 Å². The van der Waals surface area contributed by atoms with Crippen molar-refractivity contribution in [2.24, 2.45) is 10.7 Å². The molecule has 348 valence electrons. The molecule has 0 saturated carbocycles. The van der Waals surface area contributed by atoms with Gasteiger partial charge in [0.25, 0.3) is 11.8 Å². The number of rotatable bonds is 21. The Morgan fingerprint density at radius 2 is 1.66 bits per heavy atom. The first-order valence-electron chi connectivity index (χ1n) is 21.5. The van der Waals surface area contributed by atoms with Crippen LogP contribution in [0, 0.1) is 0 Å². The van der Waals surface area contributed by atoms with Gasteiger partial charge in [0.2, 0.25) is 5.91 Å². The molecule has 0 radical (unpaired) electrons. The highest BCUT2D eigenvalue weighted by atomic mass is 33.1. The van der Waals surface area contributed by atoms with Crippen LogP contribution < -0.4 is 35.7 Å². The molecule has 4 heterocycles. The van der Waals surface area contributed by atoms with E-state index in [1.54, 1.807) is 58.2 Å². The van der Waals surface area contributed by atoms with Crippen LogP contribution in [-0.4, -0.2) is 147 Å². The summed E-state index contributed by atoms with van der Waals surface area (Å²) in [6, 6.07) is 6.01. The third-order valence-electron chi connectivity index (χ3n) is 11.1. The molecule has 0 aromatic heterocycles. The molecule has 1 unspecified atom stereocenters. The third kappa shape index (κ3) is 12.0. The molecule has 3 fully saturated rings. The van der Waals surface area contributed by atoms with Gasteiger partial charge in [-0.15, -0.1) is 0 Å². The number of aliphatic imine (C=N–C) groups is 1. The van der Waals surface area contributed by atoms with Crippen LogP contribution in [0.5, 0.6) is 23.0 Å². The Labute approximate surface area is 383 Å². The van der Waals surface area contributed by atoms with Crippen LogP contribution in [0.3, 0.4) is 0 Å². The van der Waals surface area contributed by atoms with Gasteiger partial charge in [0.1, 0.15) is 6.61 Å². The van der Waals surface area contributed by atoms with Crippen LogP contribution in [0.25, 0.3) is 0 Å². The number of nitrogens with zero attached hydrogens (tertiary/aromatic N) is 4. The molecule has 6 rings (SSSR count). The zero-order valence-corrected chi connectivity index (χ0v) is 38.8. The number of benzene rings is 2. The molecule has 3 atom stereocenters. The average molecular weight is 924 g/mol. The summed E-state index contributed by atoms with van der Waals surface area (Å²) < 4.78 is 34.8. The maximum Gasteiger partial charge on any atom is 0.412 e. The number of fused-ring (bicyclic) bond motifs is 2. The van der Waals surface area contributed by atoms with E-state index in [1.165, 1.54) is 22.8 Å². The standard InChI is InChI=1S/C45H61N7O10S2/c1-28-18-30-24-49-34-23-39(37(58-6)21-32(34)42(55)51(30)25-28)60-15-9-7-8-14-59-38-22-33(47)31(20-36(38)57-5)41(54)52-26-29(2)19-35(52)43-50(13-16-61-43)44(56)62-27-45(3,4)64-63-17-10-40(53)48-12-11-46/h20-24,30,35,43H,1-2,7-19,25-27,46-47H2,3-6H3,(H,48,53)/t30-,35-,43?/m0/s1. The first-order chi connectivity index (χ1) is 30.7. The van der Waals surface area contributed by atoms with Crippen molar-refractivity contribution in [2.45, 2.75) is 75.4 Å². The molecule has 4 aliphatic rings. The Morgan fingerprint density at radius 3 is 2.38 bits per heavy atom. The summed E-state index contributed by atoms with van der Waals surface area (Å²) in [5.41, 5.74) is 15.3. The number of carbonyl (C=O) groups excluding carboxylic acids is 4. The summed E-state index contributed by atoms with van der Waals surface area (Å²) in [6.07, 6.45) is 4.27. The Bertz CT molecular complexity index is 2100. The predicted molar refractivity (Wildman–Crippen MR) is 249 cm³/mol. The fraction of sp³-hybridized carbons (Fsp3) is 0.533. The van der Waals surface area contributed by atoms with Gasteiger partial charge in [0, 0.05) is 62.4 Å². The van der Waals surface area contributed by atoms with Gasteiger partial charge in [-0.3, -0.25) is 24.3 Å². The topological polar surface area (TPSA) is 210 Å². The fourth-order valence-corrected chi connectivity index (χ4v) is 10.2. The molecular formula is C45H61N7O10S2. The van der Waals surface area contributed by atoms with Crippen molar-refractivity contribution in [1.82, 2.24) is 20.0 Å². The quantitative estimate of drug-likeness (QED) is 0.0604. The van der Waals surface area contributed by atoms with Crippen molar-refractivity contribution in [3.8, 4) is 23.0 Å². The number of hydrogen-bond acceptors (Lipinski definition) is 15. The number of carbonyl (C=O) groups is 4. The number of methoxy groups -OCH3 is 2. The summed E-state index contributed by atoms with van der Waals surface area (Å²) in [5.74, 6) is 1.85. The van der Waals surface area contributed by atoms with E-state index in [9.17, 15) is 19.2 Å². The number of unbranched alkanes of at least 4 members (excludes halogenated alkanes) is 2. The summed E-state index contributed by atoms with van der Waals surface area (Å²) >= 11 is 0. The summed E-state index contributed by atoms with van der Waals surface area (Å²) in [4.78, 5) is 62.4. The van der Waals surface area contributed by atoms with Gasteiger partial charge in [-0.25, -0.2) is 4.79 Å². The maximum atomic E-state index is 14.2. The molecule has 4 aliphatic heterocycles. The number of likely N-dealkylation sites (tertiary alicyclic amines) is 1. The second kappa shape index (κ2) is 22.2. The summed E-state index contributed by atoms with van der Waals surface area (Å²) in [7, 11) is 6.13. The van der Waals surface area contributed by atoms with Gasteiger partial charge in [0.05, 0.1) is 74.2 Å². The molecule has 19 heteroatoms. The SMILES string of the molecule is C=C1C[C@H]2C=Nc3cc(OCCCCCOc4cc(N)c(C(=O)N5CC(=C)C[C@H]5C5OCCN5C(=O)OCC(C)(C)SSCCC(=O)NCCN)cc4OC)c(OC)cc3C(=O)N2C1. The zero-order chi connectivity index (χ0) is 46.0. The van der Waals surface area contributed by atoms with Crippen molar-refractivity contribution < 1.29 is 47.6 Å². The van der Waals surface area contributed by atoms with Crippen molar-refractivity contribution in [2.75, 3.05) is 84.9 Å². The smallest absolute Gasteiger partial charge is 0.412 e. The Kier molecular flexibility index (Phi) is 16.8. The summed E-state index contributed by atoms with van der Waals surface area (Å²) in [6.45, 7) is 15.3. The highest BCUT2D eigenvalue weighted by molar-refractivity contribution is 8.77. The maximum absolute atomic E-state index is 14.2. The molecular weight excluding hydrogens is 863 g/mol. The minimum atomic E-state index is -0.743. The fourth-order valence-electron chi connectivity index (χ4n) is 7.82. The first kappa shape index (κ1) is 48.3.